The number of hydrogen-bond donors (Lipinski definition) is 3. The van der Waals surface area contributed by atoms with E-state index in [2.05, 4.69) is 35.0 Å². The zero-order valence-corrected chi connectivity index (χ0v) is 20.4. The molecule has 5 heteroatoms. The Labute approximate surface area is 187 Å². The van der Waals surface area contributed by atoms with Crippen LogP contribution < -0.4 is 16.0 Å². The molecule has 4 rings (SSSR count). The summed E-state index contributed by atoms with van der Waals surface area (Å²) >= 11 is 0. The van der Waals surface area contributed by atoms with Gasteiger partial charge in [-0.2, -0.15) is 0 Å². The van der Waals surface area contributed by atoms with Crippen LogP contribution >= 0.6 is 0 Å². The van der Waals surface area contributed by atoms with E-state index in [1.807, 2.05) is 21.1 Å². The average Bonchev–Trinajstić information content (AvgIpc) is 3.30. The van der Waals surface area contributed by atoms with Crippen LogP contribution in [0.1, 0.15) is 71.1 Å². The molecule has 0 unspecified atom stereocenters. The van der Waals surface area contributed by atoms with E-state index in [-0.39, 0.29) is 0 Å². The van der Waals surface area contributed by atoms with Crippen molar-refractivity contribution < 1.29 is 9.47 Å². The fourth-order valence-electron chi connectivity index (χ4n) is 3.93. The van der Waals surface area contributed by atoms with Crippen LogP contribution in [0.2, 0.25) is 0 Å². The quantitative estimate of drug-likeness (QED) is 0.578. The number of allylic oxidation sites excluding steroid dienone is 2. The average molecular weight is 426 g/mol. The molecule has 2 heterocycles. The van der Waals surface area contributed by atoms with Crippen molar-refractivity contribution in [2.75, 3.05) is 54.1 Å². The molecule has 178 valence electrons. The van der Waals surface area contributed by atoms with Crippen molar-refractivity contribution in [3.05, 3.63) is 12.2 Å². The monoisotopic (exact) mass is 425 g/mol. The molecule has 5 nitrogen and oxygen atoms in total. The van der Waals surface area contributed by atoms with Crippen molar-refractivity contribution in [1.29, 1.82) is 0 Å². The van der Waals surface area contributed by atoms with Gasteiger partial charge in [0.15, 0.2) is 0 Å². The van der Waals surface area contributed by atoms with Crippen molar-refractivity contribution in [3.8, 4) is 0 Å². The molecule has 3 fully saturated rings. The van der Waals surface area contributed by atoms with Gasteiger partial charge < -0.3 is 25.4 Å². The molecule has 0 spiro atoms. The molecule has 2 aliphatic carbocycles. The normalized spacial score (nSPS) is 22.7. The first kappa shape index (κ1) is 27.6. The minimum atomic E-state index is 0.712. The molecule has 0 bridgehead atoms. The van der Waals surface area contributed by atoms with Gasteiger partial charge in [0.05, 0.1) is 0 Å². The highest BCUT2D eigenvalue weighted by atomic mass is 16.5. The first-order valence-electron chi connectivity index (χ1n) is 12.5. The topological polar surface area (TPSA) is 54.5 Å². The summed E-state index contributed by atoms with van der Waals surface area (Å²) in [5, 5.41) is 9.61. The fraction of sp³-hybridized carbons (Fsp3) is 0.920. The van der Waals surface area contributed by atoms with Crippen LogP contribution in [0.4, 0.5) is 0 Å². The number of rotatable bonds is 5. The van der Waals surface area contributed by atoms with E-state index in [4.69, 9.17) is 9.47 Å². The van der Waals surface area contributed by atoms with E-state index >= 15 is 0 Å². The third-order valence-corrected chi connectivity index (χ3v) is 6.66. The first-order chi connectivity index (χ1) is 14.7. The molecule has 0 radical (unpaired) electrons. The summed E-state index contributed by atoms with van der Waals surface area (Å²) < 4.78 is 10.4. The summed E-state index contributed by atoms with van der Waals surface area (Å²) in [6.45, 7) is 7.22. The molecule has 1 saturated carbocycles. The van der Waals surface area contributed by atoms with Crippen molar-refractivity contribution in [2.24, 2.45) is 11.8 Å². The number of nitrogens with one attached hydrogen (secondary N) is 3. The molecule has 30 heavy (non-hydrogen) atoms. The molecule has 0 atom stereocenters. The van der Waals surface area contributed by atoms with Gasteiger partial charge in [-0.1, -0.05) is 31.9 Å². The minimum Gasteiger partial charge on any atom is -0.381 e. The molecule has 4 aliphatic rings. The lowest BCUT2D eigenvalue weighted by molar-refractivity contribution is 0.0669. The van der Waals surface area contributed by atoms with E-state index in [1.54, 1.807) is 0 Å². The van der Waals surface area contributed by atoms with Gasteiger partial charge in [-0.05, 0) is 90.9 Å². The van der Waals surface area contributed by atoms with Crippen LogP contribution in [0, 0.1) is 11.8 Å². The summed E-state index contributed by atoms with van der Waals surface area (Å²) in [4.78, 5) is 0. The highest BCUT2D eigenvalue weighted by Crippen LogP contribution is 2.20. The zero-order valence-electron chi connectivity index (χ0n) is 20.4. The van der Waals surface area contributed by atoms with Crippen LogP contribution in [0.15, 0.2) is 12.2 Å². The van der Waals surface area contributed by atoms with Gasteiger partial charge in [-0.3, -0.25) is 0 Å². The number of ether oxygens (including phenoxy) is 2. The summed E-state index contributed by atoms with van der Waals surface area (Å²) in [6.07, 6.45) is 17.6. The van der Waals surface area contributed by atoms with E-state index < -0.39 is 0 Å². The molecular formula is C25H51N3O2. The van der Waals surface area contributed by atoms with Gasteiger partial charge >= 0.3 is 0 Å². The smallest absolute Gasteiger partial charge is 0.0480 e. The Kier molecular flexibility index (Phi) is 17.7. The van der Waals surface area contributed by atoms with Crippen LogP contribution in [0.5, 0.6) is 0 Å². The summed E-state index contributed by atoms with van der Waals surface area (Å²) in [7, 11) is 6.05. The lowest BCUT2D eigenvalue weighted by Gasteiger charge is -2.23. The van der Waals surface area contributed by atoms with E-state index in [9.17, 15) is 0 Å². The highest BCUT2D eigenvalue weighted by molar-refractivity contribution is 4.93. The van der Waals surface area contributed by atoms with Crippen LogP contribution in [0.25, 0.3) is 0 Å². The van der Waals surface area contributed by atoms with Gasteiger partial charge in [0.25, 0.3) is 0 Å². The molecule has 2 saturated heterocycles. The van der Waals surface area contributed by atoms with Crippen molar-refractivity contribution in [3.63, 3.8) is 0 Å². The van der Waals surface area contributed by atoms with Crippen LogP contribution in [0.3, 0.4) is 0 Å². The van der Waals surface area contributed by atoms with E-state index in [0.29, 0.717) is 6.04 Å². The largest absolute Gasteiger partial charge is 0.381 e. The van der Waals surface area contributed by atoms with Crippen molar-refractivity contribution >= 4 is 0 Å². The maximum absolute atomic E-state index is 5.22. The lowest BCUT2D eigenvalue weighted by Crippen LogP contribution is -2.31. The molecule has 0 amide bonds. The Morgan fingerprint density at radius 2 is 1.20 bits per heavy atom. The second kappa shape index (κ2) is 19.2. The standard InChI is InChI=1S/C7H15NO.C7H12.C6H13NO.C5H11N/c1-8-6-7-2-4-9-5-3-7;1-2-7-5-3-4-6-7;1-7-6-2-4-8-5-3-6;1-6-5-3-2-4-5/h7-8H,2-6H2,1H3;3-4,7H,2,5-6H2,1H3;6-7H,2-5H2,1H3;5-6H,2-4H2,1H3. The van der Waals surface area contributed by atoms with Gasteiger partial charge in [0.1, 0.15) is 0 Å². The Bertz CT molecular complexity index is 376. The van der Waals surface area contributed by atoms with Gasteiger partial charge in [0.2, 0.25) is 0 Å². The Morgan fingerprint density at radius 1 is 0.700 bits per heavy atom. The maximum Gasteiger partial charge on any atom is 0.0480 e. The first-order valence-corrected chi connectivity index (χ1v) is 12.5. The summed E-state index contributed by atoms with van der Waals surface area (Å²) in [5.74, 6) is 1.85. The predicted octanol–water partition coefficient (Wildman–Crippen LogP) is 4.14. The summed E-state index contributed by atoms with van der Waals surface area (Å²) in [5.41, 5.74) is 0. The predicted molar refractivity (Wildman–Crippen MR) is 129 cm³/mol. The highest BCUT2D eigenvalue weighted by Gasteiger charge is 2.13. The number of hydrogen-bond acceptors (Lipinski definition) is 5. The SMILES string of the molecule is CCC1CC=CC1.CNC1CCC1.CNC1CCOCC1.CNCC1CCOCC1. The zero-order chi connectivity index (χ0) is 21.9. The molecular weight excluding hydrogens is 374 g/mol. The molecule has 0 aromatic carbocycles. The second-order valence-corrected chi connectivity index (χ2v) is 8.92. The fourth-order valence-corrected chi connectivity index (χ4v) is 3.93. The van der Waals surface area contributed by atoms with E-state index in [0.717, 1.165) is 50.8 Å². The molecule has 3 N–H and O–H groups in total. The molecule has 2 aliphatic heterocycles. The Morgan fingerprint density at radius 3 is 1.50 bits per heavy atom. The van der Waals surface area contributed by atoms with Crippen molar-refractivity contribution in [1.82, 2.24) is 16.0 Å². The van der Waals surface area contributed by atoms with Crippen LogP contribution in [-0.4, -0.2) is 66.2 Å². The van der Waals surface area contributed by atoms with Gasteiger partial charge in [-0.25, -0.2) is 0 Å². The Hall–Kier alpha value is -0.460. The van der Waals surface area contributed by atoms with Crippen LogP contribution in [-0.2, 0) is 9.47 Å². The third-order valence-electron chi connectivity index (χ3n) is 6.66. The maximum atomic E-state index is 5.22. The molecule has 0 aromatic rings. The minimum absolute atomic E-state index is 0.712. The van der Waals surface area contributed by atoms with Gasteiger partial charge in [-0.15, -0.1) is 0 Å². The lowest BCUT2D eigenvalue weighted by atomic mass is 9.94. The van der Waals surface area contributed by atoms with Gasteiger partial charge in [0, 0.05) is 38.5 Å². The van der Waals surface area contributed by atoms with E-state index in [1.165, 1.54) is 64.2 Å². The Balaban J connectivity index is 0.000000202. The van der Waals surface area contributed by atoms with Crippen molar-refractivity contribution in [2.45, 2.75) is 83.2 Å². The summed E-state index contributed by atoms with van der Waals surface area (Å²) in [6, 6.07) is 1.58. The second-order valence-electron chi connectivity index (χ2n) is 8.92. The third kappa shape index (κ3) is 13.8. The molecule has 0 aromatic heterocycles.